The minimum absolute atomic E-state index is 0.123. The monoisotopic (exact) mass is 260 g/mol. The number of hydrogen-bond donors (Lipinski definition) is 2. The Balaban J connectivity index is 2.12. The first-order chi connectivity index (χ1) is 8.65. The molecule has 0 bridgehead atoms. The van der Waals surface area contributed by atoms with Gasteiger partial charge in [-0.05, 0) is 28.8 Å². The van der Waals surface area contributed by atoms with E-state index in [1.165, 1.54) is 23.9 Å². The van der Waals surface area contributed by atoms with Crippen LogP contribution in [0.15, 0.2) is 48.5 Å². The molecule has 2 aromatic carbocycles. The van der Waals surface area contributed by atoms with Gasteiger partial charge in [-0.2, -0.15) is 0 Å². The second-order valence-electron chi connectivity index (χ2n) is 3.86. The van der Waals surface area contributed by atoms with Crippen LogP contribution in [-0.2, 0) is 5.75 Å². The van der Waals surface area contributed by atoms with Crippen molar-refractivity contribution in [2.24, 2.45) is 5.73 Å². The zero-order valence-electron chi connectivity index (χ0n) is 9.69. The van der Waals surface area contributed by atoms with E-state index in [4.69, 9.17) is 11.1 Å². The molecule has 0 aromatic heterocycles. The number of hydrogen-bond acceptors (Lipinski definition) is 2. The van der Waals surface area contributed by atoms with Crippen LogP contribution in [-0.4, -0.2) is 5.17 Å². The van der Waals surface area contributed by atoms with E-state index in [2.05, 4.69) is 0 Å². The van der Waals surface area contributed by atoms with E-state index in [1.807, 2.05) is 24.3 Å². The summed E-state index contributed by atoms with van der Waals surface area (Å²) in [4.78, 5) is 0. The van der Waals surface area contributed by atoms with Gasteiger partial charge >= 0.3 is 0 Å². The predicted octanol–water partition coefficient (Wildman–Crippen LogP) is 3.62. The molecular weight excluding hydrogens is 247 g/mol. The molecule has 2 aromatic rings. The molecule has 0 fully saturated rings. The SMILES string of the molecule is N=C(N)SCc1ccc(-c2ccc(F)cc2)cc1. The molecule has 0 unspecified atom stereocenters. The van der Waals surface area contributed by atoms with E-state index >= 15 is 0 Å². The van der Waals surface area contributed by atoms with Crippen molar-refractivity contribution in [2.75, 3.05) is 0 Å². The molecule has 92 valence electrons. The lowest BCUT2D eigenvalue weighted by atomic mass is 10.0. The zero-order valence-corrected chi connectivity index (χ0v) is 10.5. The fraction of sp³-hybridized carbons (Fsp3) is 0.0714. The summed E-state index contributed by atoms with van der Waals surface area (Å²) in [5, 5.41) is 7.27. The van der Waals surface area contributed by atoms with Crippen LogP contribution >= 0.6 is 11.8 Å². The highest BCUT2D eigenvalue weighted by atomic mass is 32.2. The first kappa shape index (κ1) is 12.6. The van der Waals surface area contributed by atoms with Crippen LogP contribution in [0.25, 0.3) is 11.1 Å². The number of rotatable bonds is 3. The molecule has 2 nitrogen and oxygen atoms in total. The van der Waals surface area contributed by atoms with Crippen LogP contribution in [0.3, 0.4) is 0 Å². The molecule has 3 N–H and O–H groups in total. The highest BCUT2D eigenvalue weighted by Gasteiger charge is 1.99. The molecule has 0 radical (unpaired) electrons. The molecule has 0 aliphatic carbocycles. The van der Waals surface area contributed by atoms with Gasteiger partial charge in [-0.15, -0.1) is 0 Å². The van der Waals surface area contributed by atoms with Gasteiger partial charge in [0.2, 0.25) is 0 Å². The largest absolute Gasteiger partial charge is 0.379 e. The van der Waals surface area contributed by atoms with Gasteiger partial charge in [0.05, 0.1) is 0 Å². The Bertz CT molecular complexity index is 535. The summed E-state index contributed by atoms with van der Waals surface area (Å²) in [5.41, 5.74) is 8.43. The van der Waals surface area contributed by atoms with E-state index in [-0.39, 0.29) is 11.0 Å². The number of nitrogens with two attached hydrogens (primary N) is 1. The first-order valence-electron chi connectivity index (χ1n) is 5.47. The second-order valence-corrected chi connectivity index (χ2v) is 4.87. The highest BCUT2D eigenvalue weighted by Crippen LogP contribution is 2.21. The molecule has 2 rings (SSSR count). The van der Waals surface area contributed by atoms with E-state index in [9.17, 15) is 4.39 Å². The first-order valence-corrected chi connectivity index (χ1v) is 6.45. The number of amidine groups is 1. The summed E-state index contributed by atoms with van der Waals surface area (Å²) in [6.45, 7) is 0. The molecule has 0 amide bonds. The highest BCUT2D eigenvalue weighted by molar-refractivity contribution is 8.13. The van der Waals surface area contributed by atoms with Crippen molar-refractivity contribution in [1.29, 1.82) is 5.41 Å². The number of nitrogens with one attached hydrogen (secondary N) is 1. The lowest BCUT2D eigenvalue weighted by Crippen LogP contribution is -2.03. The Hall–Kier alpha value is -1.81. The van der Waals surface area contributed by atoms with E-state index in [1.54, 1.807) is 12.1 Å². The van der Waals surface area contributed by atoms with Gasteiger partial charge in [-0.1, -0.05) is 48.2 Å². The maximum Gasteiger partial charge on any atom is 0.151 e. The third-order valence-corrected chi connectivity index (χ3v) is 3.31. The average Bonchev–Trinajstić information content (AvgIpc) is 2.38. The van der Waals surface area contributed by atoms with Gasteiger partial charge in [-0.3, -0.25) is 5.41 Å². The Morgan fingerprint density at radius 3 is 2.00 bits per heavy atom. The van der Waals surface area contributed by atoms with Crippen molar-refractivity contribution in [3.63, 3.8) is 0 Å². The quantitative estimate of drug-likeness (QED) is 0.654. The minimum atomic E-state index is -0.228. The summed E-state index contributed by atoms with van der Waals surface area (Å²) in [7, 11) is 0. The van der Waals surface area contributed by atoms with E-state index < -0.39 is 0 Å². The molecule has 0 spiro atoms. The Morgan fingerprint density at radius 1 is 1.00 bits per heavy atom. The predicted molar refractivity (Wildman–Crippen MR) is 75.0 cm³/mol. The molecule has 0 saturated carbocycles. The number of benzene rings is 2. The summed E-state index contributed by atoms with van der Waals surface area (Å²) in [6.07, 6.45) is 0. The number of halogens is 1. The molecule has 0 heterocycles. The number of thioether (sulfide) groups is 1. The molecule has 18 heavy (non-hydrogen) atoms. The Morgan fingerprint density at radius 2 is 1.50 bits per heavy atom. The van der Waals surface area contributed by atoms with Crippen molar-refractivity contribution in [1.82, 2.24) is 0 Å². The van der Waals surface area contributed by atoms with Crippen molar-refractivity contribution in [3.8, 4) is 11.1 Å². The molecule has 0 aliphatic rings. The maximum absolute atomic E-state index is 12.8. The van der Waals surface area contributed by atoms with Crippen LogP contribution in [0.2, 0.25) is 0 Å². The summed E-state index contributed by atoms with van der Waals surface area (Å²) < 4.78 is 12.8. The third kappa shape index (κ3) is 3.34. The molecule has 0 aliphatic heterocycles. The Labute approximate surface area is 110 Å². The van der Waals surface area contributed by atoms with Gasteiger partial charge in [0.25, 0.3) is 0 Å². The van der Waals surface area contributed by atoms with E-state index in [0.717, 1.165) is 16.7 Å². The molecule has 0 atom stereocenters. The summed E-state index contributed by atoms with van der Waals surface area (Å²) in [6, 6.07) is 14.4. The summed E-state index contributed by atoms with van der Waals surface area (Å²) in [5.74, 6) is 0.465. The topological polar surface area (TPSA) is 49.9 Å². The average molecular weight is 260 g/mol. The van der Waals surface area contributed by atoms with Crippen LogP contribution < -0.4 is 5.73 Å². The standard InChI is InChI=1S/C14H13FN2S/c15-13-7-5-12(6-8-13)11-3-1-10(2-4-11)9-18-14(16)17/h1-8H,9H2,(H3,16,17). The van der Waals surface area contributed by atoms with Crippen LogP contribution in [0.1, 0.15) is 5.56 Å². The van der Waals surface area contributed by atoms with Gasteiger partial charge in [0.15, 0.2) is 5.17 Å². The van der Waals surface area contributed by atoms with Crippen molar-refractivity contribution in [3.05, 3.63) is 59.9 Å². The lowest BCUT2D eigenvalue weighted by Gasteiger charge is -2.04. The van der Waals surface area contributed by atoms with Crippen LogP contribution in [0, 0.1) is 11.2 Å². The van der Waals surface area contributed by atoms with Gasteiger partial charge < -0.3 is 5.73 Å². The van der Waals surface area contributed by atoms with Crippen molar-refractivity contribution < 1.29 is 4.39 Å². The van der Waals surface area contributed by atoms with Crippen molar-refractivity contribution >= 4 is 16.9 Å². The van der Waals surface area contributed by atoms with Gasteiger partial charge in [0, 0.05) is 5.75 Å². The fourth-order valence-corrected chi connectivity index (χ4v) is 2.11. The van der Waals surface area contributed by atoms with E-state index in [0.29, 0.717) is 5.75 Å². The zero-order chi connectivity index (χ0) is 13.0. The molecule has 0 saturated heterocycles. The second kappa shape index (κ2) is 5.69. The van der Waals surface area contributed by atoms with Gasteiger partial charge in [-0.25, -0.2) is 4.39 Å². The fourth-order valence-electron chi connectivity index (χ4n) is 1.60. The lowest BCUT2D eigenvalue weighted by molar-refractivity contribution is 0.628. The summed E-state index contributed by atoms with van der Waals surface area (Å²) >= 11 is 1.30. The molecular formula is C14H13FN2S. The Kier molecular flexibility index (Phi) is 3.99. The normalized spacial score (nSPS) is 10.3. The third-order valence-electron chi connectivity index (χ3n) is 2.53. The minimum Gasteiger partial charge on any atom is -0.379 e. The van der Waals surface area contributed by atoms with Crippen LogP contribution in [0.5, 0.6) is 0 Å². The van der Waals surface area contributed by atoms with Crippen LogP contribution in [0.4, 0.5) is 4.39 Å². The smallest absolute Gasteiger partial charge is 0.151 e. The van der Waals surface area contributed by atoms with Crippen molar-refractivity contribution in [2.45, 2.75) is 5.75 Å². The van der Waals surface area contributed by atoms with Gasteiger partial charge in [0.1, 0.15) is 5.82 Å². The maximum atomic E-state index is 12.8. The molecule has 4 heteroatoms.